The van der Waals surface area contributed by atoms with Crippen LogP contribution in [-0.2, 0) is 9.53 Å². The Morgan fingerprint density at radius 1 is 1.82 bits per heavy atom. The van der Waals surface area contributed by atoms with Crippen molar-refractivity contribution in [2.45, 2.75) is 13.0 Å². The van der Waals surface area contributed by atoms with E-state index in [-0.39, 0.29) is 6.10 Å². The molecule has 0 saturated heterocycles. The Morgan fingerprint density at radius 2 is 2.18 bits per heavy atom. The summed E-state index contributed by atoms with van der Waals surface area (Å²) in [6.07, 6.45) is 0.509. The van der Waals surface area contributed by atoms with Crippen molar-refractivity contribution in [1.82, 2.24) is 0 Å². The summed E-state index contributed by atoms with van der Waals surface area (Å²) in [5.41, 5.74) is 0. The van der Waals surface area contributed by atoms with Crippen LogP contribution < -0.4 is 0 Å². The van der Waals surface area contributed by atoms with Gasteiger partial charge in [-0.05, 0) is 6.92 Å². The number of aliphatic hydroxyl groups is 1. The molecule has 4 heteroatoms. The fourth-order valence-electron chi connectivity index (χ4n) is 0.241. The lowest BCUT2D eigenvalue weighted by atomic mass is 10.5. The molecule has 4 nitrogen and oxygen atoms in total. The third kappa shape index (κ3) is 27.2. The van der Waals surface area contributed by atoms with Gasteiger partial charge in [0.25, 0.3) is 0 Å². The number of hydrogen-bond acceptors (Lipinski definition) is 3. The lowest BCUT2D eigenvalue weighted by Crippen LogP contribution is -2.07. The monoisotopic (exact) mass is 162 g/mol. The molecule has 0 bridgehead atoms. The summed E-state index contributed by atoms with van der Waals surface area (Å²) in [4.78, 5) is 9.25. The molecule has 0 saturated carbocycles. The highest BCUT2D eigenvalue weighted by Crippen LogP contribution is 1.75. The second-order valence-electron chi connectivity index (χ2n) is 1.85. The van der Waals surface area contributed by atoms with Gasteiger partial charge in [-0.3, -0.25) is 0 Å². The molecule has 0 radical (unpaired) electrons. The number of carboxylic acid groups (broad SMARTS) is 1. The molecule has 0 rings (SSSR count). The highest BCUT2D eigenvalue weighted by Gasteiger charge is 1.87. The molecule has 0 aromatic rings. The Bertz CT molecular complexity index is 109. The largest absolute Gasteiger partial charge is 0.478 e. The lowest BCUT2D eigenvalue weighted by Gasteiger charge is -1.97. The Morgan fingerprint density at radius 3 is 2.18 bits per heavy atom. The maximum absolute atomic E-state index is 9.25. The molecule has 0 spiro atoms. The van der Waals surface area contributed by atoms with Gasteiger partial charge < -0.3 is 14.9 Å². The number of carbonyl (C=O) groups is 1. The van der Waals surface area contributed by atoms with E-state index in [1.54, 1.807) is 14.0 Å². The first-order valence-corrected chi connectivity index (χ1v) is 3.07. The predicted molar refractivity (Wildman–Crippen MR) is 41.4 cm³/mol. The van der Waals surface area contributed by atoms with Gasteiger partial charge in [0.05, 0.1) is 12.7 Å². The molecule has 11 heavy (non-hydrogen) atoms. The average Bonchev–Trinajstić information content (AvgIpc) is 1.89. The highest BCUT2D eigenvalue weighted by molar-refractivity contribution is 5.78. The first kappa shape index (κ1) is 12.8. The zero-order chi connectivity index (χ0) is 9.28. The van der Waals surface area contributed by atoms with E-state index in [9.17, 15) is 4.79 Å². The van der Waals surface area contributed by atoms with Gasteiger partial charge in [0.15, 0.2) is 0 Å². The van der Waals surface area contributed by atoms with Crippen molar-refractivity contribution in [3.05, 3.63) is 12.7 Å². The Hall–Kier alpha value is -0.870. The molecule has 0 amide bonds. The van der Waals surface area contributed by atoms with E-state index < -0.39 is 5.97 Å². The average molecular weight is 162 g/mol. The van der Waals surface area contributed by atoms with E-state index >= 15 is 0 Å². The van der Waals surface area contributed by atoms with Crippen molar-refractivity contribution in [2.75, 3.05) is 13.7 Å². The number of aliphatic hydroxyl groups excluding tert-OH is 1. The fourth-order valence-corrected chi connectivity index (χ4v) is 0.241. The molecule has 0 aliphatic heterocycles. The van der Waals surface area contributed by atoms with E-state index in [2.05, 4.69) is 11.3 Å². The molecule has 0 aromatic carbocycles. The molecule has 0 heterocycles. The molecule has 0 aliphatic rings. The van der Waals surface area contributed by atoms with Gasteiger partial charge in [-0.25, -0.2) is 4.79 Å². The van der Waals surface area contributed by atoms with E-state index in [1.807, 2.05) is 0 Å². The summed E-state index contributed by atoms with van der Waals surface area (Å²) in [6, 6.07) is 0. The number of rotatable bonds is 3. The maximum atomic E-state index is 9.25. The number of ether oxygens (including phenoxy) is 1. The summed E-state index contributed by atoms with van der Waals surface area (Å²) in [5, 5.41) is 16.0. The number of aliphatic carboxylic acids is 1. The molecule has 0 aliphatic carbocycles. The minimum absolute atomic E-state index is 0.324. The van der Waals surface area contributed by atoms with Crippen molar-refractivity contribution >= 4 is 5.97 Å². The van der Waals surface area contributed by atoms with Crippen LogP contribution in [0.5, 0.6) is 0 Å². The van der Waals surface area contributed by atoms with Crippen LogP contribution in [0, 0.1) is 0 Å². The molecule has 0 aromatic heterocycles. The van der Waals surface area contributed by atoms with Gasteiger partial charge in [0, 0.05) is 13.2 Å². The highest BCUT2D eigenvalue weighted by atomic mass is 16.5. The molecule has 0 fully saturated rings. The number of methoxy groups -OCH3 is 1. The van der Waals surface area contributed by atoms with Crippen molar-refractivity contribution in [1.29, 1.82) is 0 Å². The summed E-state index contributed by atoms with van der Waals surface area (Å²) < 4.78 is 4.55. The SMILES string of the molecule is C=CC(=O)O.COCC(C)O. The fraction of sp³-hybridized carbons (Fsp3) is 0.571. The van der Waals surface area contributed by atoms with Crippen LogP contribution in [0.4, 0.5) is 0 Å². The Labute approximate surface area is 66.1 Å². The van der Waals surface area contributed by atoms with Crippen LogP contribution in [0.1, 0.15) is 6.92 Å². The van der Waals surface area contributed by atoms with Crippen LogP contribution in [0.15, 0.2) is 12.7 Å². The number of hydrogen-bond donors (Lipinski definition) is 2. The smallest absolute Gasteiger partial charge is 0.327 e. The summed E-state index contributed by atoms with van der Waals surface area (Å²) >= 11 is 0. The Balaban J connectivity index is 0. The molecule has 1 atom stereocenters. The van der Waals surface area contributed by atoms with E-state index in [1.165, 1.54) is 0 Å². The lowest BCUT2D eigenvalue weighted by molar-refractivity contribution is -0.131. The third-order valence-electron chi connectivity index (χ3n) is 0.582. The molecule has 2 N–H and O–H groups in total. The van der Waals surface area contributed by atoms with Crippen molar-refractivity contribution in [3.8, 4) is 0 Å². The van der Waals surface area contributed by atoms with Crippen LogP contribution in [0.25, 0.3) is 0 Å². The third-order valence-corrected chi connectivity index (χ3v) is 0.582. The van der Waals surface area contributed by atoms with Gasteiger partial charge >= 0.3 is 5.97 Å². The molecular formula is C7H14O4. The van der Waals surface area contributed by atoms with Gasteiger partial charge in [0.1, 0.15) is 0 Å². The minimum atomic E-state index is -0.981. The van der Waals surface area contributed by atoms with Crippen molar-refractivity contribution < 1.29 is 19.7 Å². The summed E-state index contributed by atoms with van der Waals surface area (Å²) in [6.45, 7) is 5.08. The van der Waals surface area contributed by atoms with Crippen LogP contribution in [0.3, 0.4) is 0 Å². The van der Waals surface area contributed by atoms with E-state index in [0.717, 1.165) is 6.08 Å². The molecular weight excluding hydrogens is 148 g/mol. The predicted octanol–water partition coefficient (Wildman–Crippen LogP) is 0.271. The zero-order valence-corrected chi connectivity index (χ0v) is 6.78. The van der Waals surface area contributed by atoms with Crippen molar-refractivity contribution in [2.24, 2.45) is 0 Å². The second kappa shape index (κ2) is 9.13. The summed E-state index contributed by atoms with van der Waals surface area (Å²) in [5.74, 6) is -0.981. The van der Waals surface area contributed by atoms with Crippen LogP contribution >= 0.6 is 0 Å². The Kier molecular flexibility index (Phi) is 10.6. The van der Waals surface area contributed by atoms with E-state index in [0.29, 0.717) is 6.61 Å². The second-order valence-corrected chi connectivity index (χ2v) is 1.85. The standard InChI is InChI=1S/C4H10O2.C3H4O2/c1-4(5)3-6-2;1-2-3(4)5/h4-5H,3H2,1-2H3;2H,1H2,(H,4,5). The molecule has 1 unspecified atom stereocenters. The summed E-state index contributed by atoms with van der Waals surface area (Å²) in [7, 11) is 1.56. The topological polar surface area (TPSA) is 66.8 Å². The van der Waals surface area contributed by atoms with E-state index in [4.69, 9.17) is 10.2 Å². The maximum Gasteiger partial charge on any atom is 0.327 e. The van der Waals surface area contributed by atoms with Crippen LogP contribution in [0.2, 0.25) is 0 Å². The molecule has 66 valence electrons. The first-order valence-electron chi connectivity index (χ1n) is 3.07. The first-order chi connectivity index (χ1) is 5.04. The van der Waals surface area contributed by atoms with Crippen molar-refractivity contribution in [3.63, 3.8) is 0 Å². The zero-order valence-electron chi connectivity index (χ0n) is 6.78. The van der Waals surface area contributed by atoms with Crippen LogP contribution in [-0.4, -0.2) is 36.0 Å². The number of carboxylic acids is 1. The van der Waals surface area contributed by atoms with Gasteiger partial charge in [0.2, 0.25) is 0 Å². The van der Waals surface area contributed by atoms with Gasteiger partial charge in [-0.15, -0.1) is 0 Å². The quantitative estimate of drug-likeness (QED) is 0.584. The van der Waals surface area contributed by atoms with Gasteiger partial charge in [-0.2, -0.15) is 0 Å². The minimum Gasteiger partial charge on any atom is -0.478 e. The normalized spacial score (nSPS) is 10.8. The van der Waals surface area contributed by atoms with Gasteiger partial charge in [-0.1, -0.05) is 6.58 Å².